The van der Waals surface area contributed by atoms with Gasteiger partial charge in [-0.25, -0.2) is 0 Å². The van der Waals surface area contributed by atoms with E-state index in [0.717, 1.165) is 59.9 Å². The lowest BCUT2D eigenvalue weighted by Gasteiger charge is -2.04. The van der Waals surface area contributed by atoms with Gasteiger partial charge in [-0.2, -0.15) is 0 Å². The Kier molecular flexibility index (Phi) is 4.23. The molecule has 2 aromatic heterocycles. The molecule has 0 saturated carbocycles. The first-order valence-corrected chi connectivity index (χ1v) is 7.06. The molecule has 4 nitrogen and oxygen atoms in total. The van der Waals surface area contributed by atoms with Crippen LogP contribution in [-0.2, 0) is 19.3 Å². The molecule has 0 spiro atoms. The van der Waals surface area contributed by atoms with Crippen LogP contribution in [0.4, 0.5) is 0 Å². The molecule has 2 heterocycles. The summed E-state index contributed by atoms with van der Waals surface area (Å²) < 4.78 is 0. The number of rotatable bonds is 6. The summed E-state index contributed by atoms with van der Waals surface area (Å²) in [5.74, 6) is 0. The molecule has 2 rings (SSSR count). The summed E-state index contributed by atoms with van der Waals surface area (Å²) in [7, 11) is 0. The van der Waals surface area contributed by atoms with Gasteiger partial charge in [0.1, 0.15) is 0 Å². The van der Waals surface area contributed by atoms with Crippen molar-refractivity contribution >= 4 is 12.6 Å². The molecule has 0 fully saturated rings. The Balaban J connectivity index is 2.68. The largest absolute Gasteiger partial charge is 0.351 e. The number of aromatic amines is 2. The van der Waals surface area contributed by atoms with Gasteiger partial charge in [0.05, 0.1) is 22.8 Å². The molecule has 0 bridgehead atoms. The van der Waals surface area contributed by atoms with Crippen LogP contribution in [0.15, 0.2) is 6.07 Å². The Morgan fingerprint density at radius 3 is 2.10 bits per heavy atom. The molecule has 0 radical (unpaired) electrons. The van der Waals surface area contributed by atoms with Gasteiger partial charge in [-0.1, -0.05) is 20.8 Å². The van der Waals surface area contributed by atoms with E-state index in [0.29, 0.717) is 11.4 Å². The fourth-order valence-electron chi connectivity index (χ4n) is 2.79. The summed E-state index contributed by atoms with van der Waals surface area (Å²) in [6.07, 6.45) is 4.19. The number of hydrogen-bond donors (Lipinski definition) is 2. The number of aryl methyl sites for hydroxylation is 1. The molecule has 106 valence electrons. The molecule has 2 N–H and O–H groups in total. The third-order valence-electron chi connectivity index (χ3n) is 3.75. The van der Waals surface area contributed by atoms with Crippen molar-refractivity contribution in [2.24, 2.45) is 0 Å². The molecule has 0 atom stereocenters. The Labute approximate surface area is 118 Å². The normalized spacial score (nSPS) is 10.8. The monoisotopic (exact) mass is 272 g/mol. The summed E-state index contributed by atoms with van der Waals surface area (Å²) >= 11 is 0. The van der Waals surface area contributed by atoms with E-state index < -0.39 is 0 Å². The highest BCUT2D eigenvalue weighted by Gasteiger charge is 2.19. The molecule has 0 aliphatic rings. The lowest BCUT2D eigenvalue weighted by Crippen LogP contribution is -1.92. The van der Waals surface area contributed by atoms with E-state index in [2.05, 4.69) is 23.8 Å². The maximum absolute atomic E-state index is 11.2. The lowest BCUT2D eigenvalue weighted by atomic mass is 10.0. The summed E-state index contributed by atoms with van der Waals surface area (Å²) in [5.41, 5.74) is 6.39. The second kappa shape index (κ2) is 5.90. The van der Waals surface area contributed by atoms with Crippen LogP contribution in [-0.4, -0.2) is 22.5 Å². The van der Waals surface area contributed by atoms with Crippen LogP contribution in [0.5, 0.6) is 0 Å². The first kappa shape index (κ1) is 14.3. The molecule has 0 amide bonds. The van der Waals surface area contributed by atoms with Gasteiger partial charge in [0.25, 0.3) is 0 Å². The zero-order valence-electron chi connectivity index (χ0n) is 12.2. The second-order valence-electron chi connectivity index (χ2n) is 4.79. The average Bonchev–Trinajstić information content (AvgIpc) is 3.06. The molecule has 0 unspecified atom stereocenters. The van der Waals surface area contributed by atoms with Gasteiger partial charge in [-0.15, -0.1) is 0 Å². The Hall–Kier alpha value is -2.10. The van der Waals surface area contributed by atoms with E-state index in [1.807, 2.05) is 13.0 Å². The van der Waals surface area contributed by atoms with Crippen molar-refractivity contribution in [1.29, 1.82) is 0 Å². The zero-order chi connectivity index (χ0) is 14.7. The molecule has 4 heteroatoms. The minimum absolute atomic E-state index is 0.569. The average molecular weight is 272 g/mol. The van der Waals surface area contributed by atoms with Crippen molar-refractivity contribution in [2.45, 2.75) is 40.0 Å². The van der Waals surface area contributed by atoms with Gasteiger partial charge in [0.2, 0.25) is 0 Å². The van der Waals surface area contributed by atoms with Gasteiger partial charge in [-0.3, -0.25) is 9.59 Å². The molecule has 0 aliphatic carbocycles. The Morgan fingerprint density at radius 2 is 1.60 bits per heavy atom. The van der Waals surface area contributed by atoms with E-state index in [1.165, 1.54) is 0 Å². The highest BCUT2D eigenvalue weighted by molar-refractivity contribution is 5.82. The van der Waals surface area contributed by atoms with Crippen LogP contribution in [0.1, 0.15) is 58.4 Å². The molecule has 0 aliphatic heterocycles. The van der Waals surface area contributed by atoms with Crippen LogP contribution < -0.4 is 0 Å². The van der Waals surface area contributed by atoms with Gasteiger partial charge in [-0.05, 0) is 42.0 Å². The SMILES string of the molecule is CCc1cc(C=O)[nH]c1-c1[nH]c(C=O)c(CC)c1CC. The topological polar surface area (TPSA) is 65.7 Å². The quantitative estimate of drug-likeness (QED) is 0.792. The molecular weight excluding hydrogens is 252 g/mol. The fraction of sp³-hybridized carbons (Fsp3) is 0.375. The standard InChI is InChI=1S/C16H20N2O2/c1-4-10-7-11(8-19)17-15(10)16-13(6-3)12(5-2)14(9-20)18-16/h7-9,17-18H,4-6H2,1-3H3. The van der Waals surface area contributed by atoms with E-state index in [-0.39, 0.29) is 0 Å². The van der Waals surface area contributed by atoms with E-state index >= 15 is 0 Å². The van der Waals surface area contributed by atoms with Crippen LogP contribution in [0.25, 0.3) is 11.4 Å². The number of H-pyrrole nitrogens is 2. The number of hydrogen-bond acceptors (Lipinski definition) is 2. The van der Waals surface area contributed by atoms with Crippen LogP contribution in [0.3, 0.4) is 0 Å². The van der Waals surface area contributed by atoms with Crippen molar-refractivity contribution in [2.75, 3.05) is 0 Å². The Morgan fingerprint density at radius 1 is 0.900 bits per heavy atom. The molecule has 2 aromatic rings. The van der Waals surface area contributed by atoms with Crippen LogP contribution in [0, 0.1) is 0 Å². The number of carbonyl (C=O) groups is 2. The number of aldehydes is 2. The number of aromatic nitrogens is 2. The first-order valence-electron chi connectivity index (χ1n) is 7.06. The maximum atomic E-state index is 11.2. The van der Waals surface area contributed by atoms with Crippen molar-refractivity contribution in [1.82, 2.24) is 9.97 Å². The number of carbonyl (C=O) groups excluding carboxylic acids is 2. The maximum Gasteiger partial charge on any atom is 0.166 e. The van der Waals surface area contributed by atoms with E-state index in [9.17, 15) is 9.59 Å². The van der Waals surface area contributed by atoms with Crippen molar-refractivity contribution in [3.63, 3.8) is 0 Å². The van der Waals surface area contributed by atoms with Gasteiger partial charge >= 0.3 is 0 Å². The molecule has 0 aromatic carbocycles. The van der Waals surface area contributed by atoms with Crippen molar-refractivity contribution in [3.8, 4) is 11.4 Å². The highest BCUT2D eigenvalue weighted by Crippen LogP contribution is 2.31. The first-order chi connectivity index (χ1) is 9.69. The number of nitrogens with one attached hydrogen (secondary N) is 2. The molecule has 20 heavy (non-hydrogen) atoms. The van der Waals surface area contributed by atoms with Crippen LogP contribution >= 0.6 is 0 Å². The highest BCUT2D eigenvalue weighted by atomic mass is 16.1. The van der Waals surface area contributed by atoms with Crippen LogP contribution in [0.2, 0.25) is 0 Å². The van der Waals surface area contributed by atoms with Gasteiger partial charge < -0.3 is 9.97 Å². The zero-order valence-corrected chi connectivity index (χ0v) is 12.2. The summed E-state index contributed by atoms with van der Waals surface area (Å²) in [6.45, 7) is 6.18. The van der Waals surface area contributed by atoms with Gasteiger partial charge in [0, 0.05) is 0 Å². The predicted octanol–water partition coefficient (Wildman–Crippen LogP) is 3.32. The molecular formula is C16H20N2O2. The Bertz CT molecular complexity index is 635. The van der Waals surface area contributed by atoms with Crippen molar-refractivity contribution in [3.05, 3.63) is 34.1 Å². The summed E-state index contributed by atoms with van der Waals surface area (Å²) in [5, 5.41) is 0. The van der Waals surface area contributed by atoms with Gasteiger partial charge in [0.15, 0.2) is 12.6 Å². The second-order valence-corrected chi connectivity index (χ2v) is 4.79. The van der Waals surface area contributed by atoms with Crippen molar-refractivity contribution < 1.29 is 9.59 Å². The minimum Gasteiger partial charge on any atom is -0.351 e. The van der Waals surface area contributed by atoms with E-state index in [1.54, 1.807) is 0 Å². The minimum atomic E-state index is 0.569. The van der Waals surface area contributed by atoms with E-state index in [4.69, 9.17) is 0 Å². The lowest BCUT2D eigenvalue weighted by molar-refractivity contribution is 0.111. The summed E-state index contributed by atoms with van der Waals surface area (Å²) in [6, 6.07) is 1.87. The molecule has 0 saturated heterocycles. The predicted molar refractivity (Wildman–Crippen MR) is 79.5 cm³/mol. The smallest absolute Gasteiger partial charge is 0.166 e. The third-order valence-corrected chi connectivity index (χ3v) is 3.75. The summed E-state index contributed by atoms with van der Waals surface area (Å²) in [4.78, 5) is 28.5. The fourth-order valence-corrected chi connectivity index (χ4v) is 2.79. The third kappa shape index (κ3) is 2.22.